The van der Waals surface area contributed by atoms with Gasteiger partial charge < -0.3 is 10.5 Å². The van der Waals surface area contributed by atoms with Crippen molar-refractivity contribution < 1.29 is 56.3 Å². The Morgan fingerprint density at radius 2 is 1.41 bits per heavy atom. The summed E-state index contributed by atoms with van der Waals surface area (Å²) in [6, 6.07) is 16.6. The Balaban J connectivity index is 0.000000724. The van der Waals surface area contributed by atoms with Crippen molar-refractivity contribution in [1.29, 1.82) is 5.26 Å². The molecule has 1 atom stereocenters. The zero-order valence-corrected chi connectivity index (χ0v) is 20.7. The van der Waals surface area contributed by atoms with Crippen LogP contribution in [0.1, 0.15) is 11.1 Å². The van der Waals surface area contributed by atoms with Gasteiger partial charge in [0.2, 0.25) is 0 Å². The second kappa shape index (κ2) is 13.1. The van der Waals surface area contributed by atoms with Crippen LogP contribution in [-0.4, -0.2) is 47.0 Å². The molecule has 0 radical (unpaired) electrons. The molecule has 0 unspecified atom stereocenters. The maximum absolute atomic E-state index is 11.4. The van der Waals surface area contributed by atoms with E-state index in [1.54, 1.807) is 6.07 Å². The molecule has 18 heteroatoms. The molecular formula is C19H17ClF6N2O7S2. The lowest BCUT2D eigenvalue weighted by Gasteiger charge is -2.10. The summed E-state index contributed by atoms with van der Waals surface area (Å²) >= 11 is 0. The van der Waals surface area contributed by atoms with E-state index in [0.29, 0.717) is 12.0 Å². The van der Waals surface area contributed by atoms with E-state index in [1.807, 2.05) is 46.1 Å². The Morgan fingerprint density at radius 3 is 1.81 bits per heavy atom. The van der Waals surface area contributed by atoms with Crippen molar-refractivity contribution >= 4 is 38.6 Å². The van der Waals surface area contributed by atoms with Crippen LogP contribution in [0.2, 0.25) is 0 Å². The van der Waals surface area contributed by atoms with Crippen LogP contribution in [-0.2, 0) is 39.8 Å². The number of nitrogens with two attached hydrogens (primary N) is 1. The number of benzene rings is 2. The minimum Gasteiger partial charge on any atom is -0.468 e. The molecule has 2 aromatic rings. The molecule has 0 heterocycles. The van der Waals surface area contributed by atoms with Crippen LogP contribution in [0.5, 0.6) is 0 Å². The normalized spacial score (nSPS) is 12.7. The standard InChI is InChI=1S/C17H16N2O2.C2F6O5S2.ClH/c1-21-17(20)16(19)10-12-6-8-13(9-7-12)15-5-3-2-4-14(15)11-18;3-1(4,5)14(9,10)13-15(11,12)2(6,7)8;/h2-9,16H,10,19H2,1H3;;1H/t16-;;/m0../s1. The predicted molar refractivity (Wildman–Crippen MR) is 119 cm³/mol. The number of carbonyl (C=O) groups excluding carboxylic acids is 1. The molecular weight excluding hydrogens is 582 g/mol. The molecule has 0 amide bonds. The average molecular weight is 599 g/mol. The summed E-state index contributed by atoms with van der Waals surface area (Å²) in [5.74, 6) is -0.422. The summed E-state index contributed by atoms with van der Waals surface area (Å²) in [6.07, 6.45) is 0.423. The van der Waals surface area contributed by atoms with Gasteiger partial charge in [-0.3, -0.25) is 4.79 Å². The molecule has 2 N–H and O–H groups in total. The summed E-state index contributed by atoms with van der Waals surface area (Å²) in [7, 11) is -12.4. The average Bonchev–Trinajstić information content (AvgIpc) is 2.77. The van der Waals surface area contributed by atoms with Gasteiger partial charge in [0.05, 0.1) is 18.7 Å². The van der Waals surface area contributed by atoms with E-state index in [1.165, 1.54) is 7.11 Å². The number of esters is 1. The van der Waals surface area contributed by atoms with E-state index in [9.17, 15) is 48.0 Å². The fraction of sp³-hybridized carbons (Fsp3) is 0.263. The number of rotatable bonds is 6. The van der Waals surface area contributed by atoms with Crippen molar-refractivity contribution in [3.63, 3.8) is 0 Å². The Bertz CT molecular complexity index is 1280. The highest BCUT2D eigenvalue weighted by atomic mass is 35.5. The SMILES string of the molecule is COC(=O)[C@@H](N)Cc1ccc(-c2ccccc2C#N)cc1.Cl.O=S(=O)(OS(=O)(=O)C(F)(F)F)C(F)(F)F. The maximum Gasteiger partial charge on any atom is 0.524 e. The fourth-order valence-corrected chi connectivity index (χ4v) is 3.90. The van der Waals surface area contributed by atoms with Crippen molar-refractivity contribution in [2.24, 2.45) is 5.73 Å². The molecule has 0 bridgehead atoms. The third-order valence-electron chi connectivity index (χ3n) is 4.02. The molecule has 0 fully saturated rings. The molecule has 2 aromatic carbocycles. The molecule has 0 aliphatic rings. The summed E-state index contributed by atoms with van der Waals surface area (Å²) in [5.41, 5.74) is -3.34. The summed E-state index contributed by atoms with van der Waals surface area (Å²) in [5, 5.41) is 9.12. The highest BCUT2D eigenvalue weighted by molar-refractivity contribution is 8.00. The molecule has 2 rings (SSSR count). The van der Waals surface area contributed by atoms with Crippen LogP contribution < -0.4 is 5.73 Å². The first kappa shape index (κ1) is 34.1. The quantitative estimate of drug-likeness (QED) is 0.299. The van der Waals surface area contributed by atoms with Crippen molar-refractivity contribution in [3.8, 4) is 17.2 Å². The minimum absolute atomic E-state index is 0. The number of hydrogen-bond donors (Lipinski definition) is 1. The highest BCUT2D eigenvalue weighted by Crippen LogP contribution is 2.32. The topological polar surface area (TPSA) is 154 Å². The first-order valence-electron chi connectivity index (χ1n) is 9.11. The first-order chi connectivity index (χ1) is 16.4. The summed E-state index contributed by atoms with van der Waals surface area (Å²) in [4.78, 5) is 11.3. The van der Waals surface area contributed by atoms with E-state index in [2.05, 4.69) is 10.8 Å². The van der Waals surface area contributed by atoms with Crippen molar-refractivity contribution in [2.75, 3.05) is 7.11 Å². The second-order valence-corrected chi connectivity index (χ2v) is 9.84. The van der Waals surface area contributed by atoms with Gasteiger partial charge in [-0.15, -0.1) is 16.0 Å². The number of alkyl halides is 6. The number of nitriles is 1. The van der Waals surface area contributed by atoms with E-state index in [0.717, 1.165) is 16.7 Å². The van der Waals surface area contributed by atoms with Gasteiger partial charge in [-0.05, 0) is 29.2 Å². The lowest BCUT2D eigenvalue weighted by Crippen LogP contribution is -2.34. The van der Waals surface area contributed by atoms with Gasteiger partial charge in [0.25, 0.3) is 0 Å². The molecule has 37 heavy (non-hydrogen) atoms. The smallest absolute Gasteiger partial charge is 0.468 e. The van der Waals surface area contributed by atoms with E-state index < -0.39 is 43.3 Å². The third kappa shape index (κ3) is 9.48. The lowest BCUT2D eigenvalue weighted by molar-refractivity contribution is -0.142. The van der Waals surface area contributed by atoms with Crippen LogP contribution in [0, 0.1) is 11.3 Å². The monoisotopic (exact) mass is 598 g/mol. The summed E-state index contributed by atoms with van der Waals surface area (Å²) in [6.45, 7) is 0. The minimum atomic E-state index is -6.85. The maximum atomic E-state index is 11.4. The van der Waals surface area contributed by atoms with Gasteiger partial charge in [-0.2, -0.15) is 48.4 Å². The Morgan fingerprint density at radius 1 is 0.946 bits per heavy atom. The second-order valence-electron chi connectivity index (χ2n) is 6.56. The van der Waals surface area contributed by atoms with E-state index in [-0.39, 0.29) is 12.4 Å². The molecule has 0 aliphatic carbocycles. The Kier molecular flexibility index (Phi) is 12.0. The van der Waals surface area contributed by atoms with E-state index >= 15 is 0 Å². The van der Waals surface area contributed by atoms with Crippen molar-refractivity contribution in [2.45, 2.75) is 23.5 Å². The number of hydrogen-bond acceptors (Lipinski definition) is 9. The van der Waals surface area contributed by atoms with Crippen LogP contribution in [0.15, 0.2) is 48.5 Å². The number of halogens is 7. The zero-order valence-electron chi connectivity index (χ0n) is 18.3. The lowest BCUT2D eigenvalue weighted by atomic mass is 9.98. The molecule has 0 aliphatic heterocycles. The molecule has 0 saturated carbocycles. The Hall–Kier alpha value is -2.91. The molecule has 9 nitrogen and oxygen atoms in total. The third-order valence-corrected chi connectivity index (χ3v) is 6.59. The zero-order chi connectivity index (χ0) is 27.9. The van der Waals surface area contributed by atoms with Gasteiger partial charge in [0.15, 0.2) is 0 Å². The van der Waals surface area contributed by atoms with Crippen molar-refractivity contribution in [1.82, 2.24) is 0 Å². The van der Waals surface area contributed by atoms with Gasteiger partial charge in [-0.25, -0.2) is 0 Å². The van der Waals surface area contributed by atoms with Gasteiger partial charge in [-0.1, -0.05) is 42.5 Å². The number of carbonyl (C=O) groups is 1. The van der Waals surface area contributed by atoms with E-state index in [4.69, 9.17) is 11.0 Å². The molecule has 206 valence electrons. The van der Waals surface area contributed by atoms with Gasteiger partial charge in [0.1, 0.15) is 6.04 Å². The highest BCUT2D eigenvalue weighted by Gasteiger charge is 2.57. The van der Waals surface area contributed by atoms with Crippen LogP contribution in [0.4, 0.5) is 26.3 Å². The van der Waals surface area contributed by atoms with Crippen LogP contribution in [0.3, 0.4) is 0 Å². The first-order valence-corrected chi connectivity index (χ1v) is 11.9. The largest absolute Gasteiger partial charge is 0.524 e. The van der Waals surface area contributed by atoms with Gasteiger partial charge in [0, 0.05) is 0 Å². The van der Waals surface area contributed by atoms with Gasteiger partial charge >= 0.3 is 37.2 Å². The number of ether oxygens (including phenoxy) is 1. The fourth-order valence-electron chi connectivity index (χ4n) is 2.34. The molecule has 0 aromatic heterocycles. The number of methoxy groups -OCH3 is 1. The van der Waals surface area contributed by atoms with Crippen LogP contribution in [0.25, 0.3) is 11.1 Å². The predicted octanol–water partition coefficient (Wildman–Crippen LogP) is 3.39. The van der Waals surface area contributed by atoms with Crippen molar-refractivity contribution in [3.05, 3.63) is 59.7 Å². The Labute approximate surface area is 213 Å². The summed E-state index contributed by atoms with van der Waals surface area (Å²) < 4.78 is 115. The molecule has 0 spiro atoms. The van der Waals surface area contributed by atoms with Crippen LogP contribution >= 0.6 is 12.4 Å². The molecule has 0 saturated heterocycles. The number of nitrogens with zero attached hydrogens (tertiary/aromatic N) is 1.